The van der Waals surface area contributed by atoms with Crippen molar-refractivity contribution < 1.29 is 14.3 Å². The fourth-order valence-corrected chi connectivity index (χ4v) is 2.06. The molecule has 0 bridgehead atoms. The first-order valence-corrected chi connectivity index (χ1v) is 7.06. The molecule has 20 heavy (non-hydrogen) atoms. The molecular formula is C14H19BrN2O3. The van der Waals surface area contributed by atoms with Gasteiger partial charge in [-0.05, 0) is 34.0 Å². The standard InChI is InChI=1S/C14H19BrN2O3/c1-9(2)13(14(19)17(3)8-12(16)18)20-11-7-5-4-6-10(11)15/h4-7,9,13H,8H2,1-3H3,(H2,16,18). The van der Waals surface area contributed by atoms with Crippen molar-refractivity contribution in [3.8, 4) is 5.75 Å². The van der Waals surface area contributed by atoms with E-state index in [1.807, 2.05) is 32.0 Å². The highest BCUT2D eigenvalue weighted by Gasteiger charge is 2.28. The number of carbonyl (C=O) groups is 2. The van der Waals surface area contributed by atoms with E-state index in [1.54, 1.807) is 6.07 Å². The fourth-order valence-electron chi connectivity index (χ4n) is 1.68. The quantitative estimate of drug-likeness (QED) is 0.856. The smallest absolute Gasteiger partial charge is 0.264 e. The molecule has 2 amide bonds. The molecule has 6 heteroatoms. The molecule has 0 heterocycles. The van der Waals surface area contributed by atoms with Gasteiger partial charge in [-0.15, -0.1) is 0 Å². The van der Waals surface area contributed by atoms with Gasteiger partial charge in [-0.2, -0.15) is 0 Å². The second kappa shape index (κ2) is 7.28. The van der Waals surface area contributed by atoms with Crippen molar-refractivity contribution >= 4 is 27.7 Å². The highest BCUT2D eigenvalue weighted by Crippen LogP contribution is 2.26. The molecule has 0 radical (unpaired) electrons. The Morgan fingerprint density at radius 2 is 1.95 bits per heavy atom. The van der Waals surface area contributed by atoms with Crippen LogP contribution in [-0.4, -0.2) is 36.4 Å². The summed E-state index contributed by atoms with van der Waals surface area (Å²) in [7, 11) is 1.53. The first kappa shape index (κ1) is 16.5. The third-order valence-electron chi connectivity index (χ3n) is 2.71. The number of hydrogen-bond donors (Lipinski definition) is 1. The second-order valence-electron chi connectivity index (χ2n) is 4.87. The van der Waals surface area contributed by atoms with Gasteiger partial charge in [0, 0.05) is 7.05 Å². The Labute approximate surface area is 127 Å². The van der Waals surface area contributed by atoms with Gasteiger partial charge in [0.25, 0.3) is 5.91 Å². The van der Waals surface area contributed by atoms with Gasteiger partial charge in [-0.1, -0.05) is 26.0 Å². The average molecular weight is 343 g/mol. The SMILES string of the molecule is CC(C)C(Oc1ccccc1Br)C(=O)N(C)CC(N)=O. The van der Waals surface area contributed by atoms with Crippen LogP contribution < -0.4 is 10.5 Å². The van der Waals surface area contributed by atoms with E-state index in [0.29, 0.717) is 5.75 Å². The molecule has 1 rings (SSSR count). The van der Waals surface area contributed by atoms with Gasteiger partial charge in [-0.25, -0.2) is 0 Å². The Kier molecular flexibility index (Phi) is 6.01. The minimum atomic E-state index is -0.668. The molecule has 0 fully saturated rings. The van der Waals surface area contributed by atoms with E-state index in [4.69, 9.17) is 10.5 Å². The van der Waals surface area contributed by atoms with Crippen LogP contribution in [0.3, 0.4) is 0 Å². The van der Waals surface area contributed by atoms with Crippen molar-refractivity contribution in [3.05, 3.63) is 28.7 Å². The van der Waals surface area contributed by atoms with Gasteiger partial charge >= 0.3 is 0 Å². The van der Waals surface area contributed by atoms with Crippen LogP contribution in [0.2, 0.25) is 0 Å². The molecule has 0 saturated heterocycles. The molecule has 0 spiro atoms. The lowest BCUT2D eigenvalue weighted by Gasteiger charge is -2.26. The van der Waals surface area contributed by atoms with Gasteiger partial charge in [0.1, 0.15) is 5.75 Å². The zero-order valence-corrected chi connectivity index (χ0v) is 13.4. The van der Waals surface area contributed by atoms with Gasteiger partial charge in [0.15, 0.2) is 6.10 Å². The van der Waals surface area contributed by atoms with Crippen LogP contribution in [0.1, 0.15) is 13.8 Å². The van der Waals surface area contributed by atoms with Crippen LogP contribution >= 0.6 is 15.9 Å². The van der Waals surface area contributed by atoms with Crippen molar-refractivity contribution in [1.82, 2.24) is 4.90 Å². The van der Waals surface area contributed by atoms with Crippen LogP contribution in [0.25, 0.3) is 0 Å². The number of nitrogens with zero attached hydrogens (tertiary/aromatic N) is 1. The zero-order valence-electron chi connectivity index (χ0n) is 11.8. The van der Waals surface area contributed by atoms with E-state index in [9.17, 15) is 9.59 Å². The molecule has 1 atom stereocenters. The summed E-state index contributed by atoms with van der Waals surface area (Å²) >= 11 is 3.38. The molecule has 0 aliphatic carbocycles. The summed E-state index contributed by atoms with van der Waals surface area (Å²) in [4.78, 5) is 24.5. The topological polar surface area (TPSA) is 72.6 Å². The number of hydrogen-bond acceptors (Lipinski definition) is 3. The van der Waals surface area contributed by atoms with E-state index >= 15 is 0 Å². The Hall–Kier alpha value is -1.56. The molecular weight excluding hydrogens is 324 g/mol. The molecule has 0 aliphatic heterocycles. The van der Waals surface area contributed by atoms with Crippen molar-refractivity contribution in [1.29, 1.82) is 0 Å². The molecule has 1 aromatic carbocycles. The number of primary amides is 1. The van der Waals surface area contributed by atoms with Crippen molar-refractivity contribution in [2.75, 3.05) is 13.6 Å². The van der Waals surface area contributed by atoms with Gasteiger partial charge < -0.3 is 15.4 Å². The summed E-state index contributed by atoms with van der Waals surface area (Å²) in [5.41, 5.74) is 5.10. The Bertz CT molecular complexity index is 491. The summed E-state index contributed by atoms with van der Waals surface area (Å²) in [6, 6.07) is 7.31. The third kappa shape index (κ3) is 4.52. The maximum Gasteiger partial charge on any atom is 0.264 e. The molecule has 2 N–H and O–H groups in total. The average Bonchev–Trinajstić information content (AvgIpc) is 2.35. The van der Waals surface area contributed by atoms with Gasteiger partial charge in [0.05, 0.1) is 11.0 Å². The van der Waals surface area contributed by atoms with Crippen LogP contribution in [0.15, 0.2) is 28.7 Å². The van der Waals surface area contributed by atoms with E-state index < -0.39 is 12.0 Å². The molecule has 5 nitrogen and oxygen atoms in total. The normalized spacial score (nSPS) is 12.1. The number of rotatable bonds is 6. The summed E-state index contributed by atoms with van der Waals surface area (Å²) < 4.78 is 6.56. The van der Waals surface area contributed by atoms with E-state index in [2.05, 4.69) is 15.9 Å². The van der Waals surface area contributed by atoms with E-state index in [0.717, 1.165) is 4.47 Å². The molecule has 1 unspecified atom stereocenters. The minimum absolute atomic E-state index is 0.0371. The summed E-state index contributed by atoms with van der Waals surface area (Å²) in [6.07, 6.45) is -0.668. The maximum absolute atomic E-state index is 12.3. The van der Waals surface area contributed by atoms with E-state index in [1.165, 1.54) is 11.9 Å². The number of para-hydroxylation sites is 1. The van der Waals surface area contributed by atoms with Gasteiger partial charge in [0.2, 0.25) is 5.91 Å². The lowest BCUT2D eigenvalue weighted by atomic mass is 10.1. The number of ether oxygens (including phenoxy) is 1. The van der Waals surface area contributed by atoms with Crippen LogP contribution in [-0.2, 0) is 9.59 Å². The predicted octanol–water partition coefficient (Wildman–Crippen LogP) is 1.80. The highest BCUT2D eigenvalue weighted by atomic mass is 79.9. The first-order valence-electron chi connectivity index (χ1n) is 6.27. The molecule has 0 saturated carbocycles. The number of carbonyl (C=O) groups excluding carboxylic acids is 2. The minimum Gasteiger partial charge on any atom is -0.479 e. The number of benzene rings is 1. The Morgan fingerprint density at radius 3 is 2.45 bits per heavy atom. The molecule has 110 valence electrons. The Balaban J connectivity index is 2.87. The lowest BCUT2D eigenvalue weighted by Crippen LogP contribution is -2.45. The largest absolute Gasteiger partial charge is 0.479 e. The number of likely N-dealkylation sites (N-methyl/N-ethyl adjacent to an activating group) is 1. The molecule has 1 aromatic rings. The highest BCUT2D eigenvalue weighted by molar-refractivity contribution is 9.10. The summed E-state index contributed by atoms with van der Waals surface area (Å²) in [6.45, 7) is 3.65. The van der Waals surface area contributed by atoms with E-state index in [-0.39, 0.29) is 18.4 Å². The van der Waals surface area contributed by atoms with Crippen LogP contribution in [0.4, 0.5) is 0 Å². The third-order valence-corrected chi connectivity index (χ3v) is 3.36. The molecule has 0 aromatic heterocycles. The predicted molar refractivity (Wildman–Crippen MR) is 80.2 cm³/mol. The van der Waals surface area contributed by atoms with Gasteiger partial charge in [-0.3, -0.25) is 9.59 Å². The maximum atomic E-state index is 12.3. The van der Waals surface area contributed by atoms with Crippen molar-refractivity contribution in [2.45, 2.75) is 20.0 Å². The fraction of sp³-hybridized carbons (Fsp3) is 0.429. The summed E-state index contributed by atoms with van der Waals surface area (Å²) in [5.74, 6) is -0.268. The monoisotopic (exact) mass is 342 g/mol. The number of amides is 2. The first-order chi connectivity index (χ1) is 9.32. The number of nitrogens with two attached hydrogens (primary N) is 1. The van der Waals surface area contributed by atoms with Crippen LogP contribution in [0, 0.1) is 5.92 Å². The van der Waals surface area contributed by atoms with Crippen molar-refractivity contribution in [2.24, 2.45) is 11.7 Å². The summed E-state index contributed by atoms with van der Waals surface area (Å²) in [5, 5.41) is 0. The molecule has 0 aliphatic rings. The second-order valence-corrected chi connectivity index (χ2v) is 5.73. The number of halogens is 1. The van der Waals surface area contributed by atoms with Crippen molar-refractivity contribution in [3.63, 3.8) is 0 Å². The zero-order chi connectivity index (χ0) is 15.3. The van der Waals surface area contributed by atoms with Crippen LogP contribution in [0.5, 0.6) is 5.75 Å². The lowest BCUT2D eigenvalue weighted by molar-refractivity contribution is -0.141. The Morgan fingerprint density at radius 1 is 1.35 bits per heavy atom.